The zero-order chi connectivity index (χ0) is 23.4. The fourth-order valence-corrected chi connectivity index (χ4v) is 4.32. The minimum atomic E-state index is -0.525. The van der Waals surface area contributed by atoms with Gasteiger partial charge in [0, 0.05) is 38.1 Å². The standard InChI is InChI=1S/C24H28N6O3/c1-29(2)22-18-7-3-5-9-20(18)27-24(28-22)26-17-13-11-16(12-14-17)15-25-23(31)19-8-4-6-10-21(19)30(32)33/h3-10,16-17H,11-15H2,1-2H3,(H,25,31)(H,26,27,28)/t16-,17+. The summed E-state index contributed by atoms with van der Waals surface area (Å²) in [6.45, 7) is 0.509. The maximum absolute atomic E-state index is 12.5. The van der Waals surface area contributed by atoms with Gasteiger partial charge in [-0.3, -0.25) is 14.9 Å². The summed E-state index contributed by atoms with van der Waals surface area (Å²) in [4.78, 5) is 34.5. The van der Waals surface area contributed by atoms with Gasteiger partial charge in [-0.05, 0) is 49.8 Å². The van der Waals surface area contributed by atoms with E-state index in [1.165, 1.54) is 12.1 Å². The number of benzene rings is 2. The first-order valence-electron chi connectivity index (χ1n) is 11.1. The van der Waals surface area contributed by atoms with Crippen LogP contribution in [0.15, 0.2) is 48.5 Å². The van der Waals surface area contributed by atoms with Gasteiger partial charge in [-0.15, -0.1) is 0 Å². The van der Waals surface area contributed by atoms with Crippen molar-refractivity contribution < 1.29 is 9.72 Å². The minimum absolute atomic E-state index is 0.100. The second-order valence-electron chi connectivity index (χ2n) is 8.63. The average molecular weight is 449 g/mol. The quantitative estimate of drug-likeness (QED) is 0.415. The van der Waals surface area contributed by atoms with Gasteiger partial charge in [0.05, 0.1) is 10.4 Å². The molecule has 1 aromatic heterocycles. The van der Waals surface area contributed by atoms with E-state index in [1.807, 2.05) is 43.3 Å². The zero-order valence-electron chi connectivity index (χ0n) is 18.8. The Morgan fingerprint density at radius 3 is 2.48 bits per heavy atom. The highest BCUT2D eigenvalue weighted by Crippen LogP contribution is 2.28. The summed E-state index contributed by atoms with van der Waals surface area (Å²) in [6.07, 6.45) is 3.78. The molecule has 0 bridgehead atoms. The van der Waals surface area contributed by atoms with Gasteiger partial charge < -0.3 is 15.5 Å². The molecular weight excluding hydrogens is 420 g/mol. The first kappa shape index (κ1) is 22.4. The summed E-state index contributed by atoms with van der Waals surface area (Å²) >= 11 is 0. The molecule has 2 N–H and O–H groups in total. The number of nitrogens with one attached hydrogen (secondary N) is 2. The van der Waals surface area contributed by atoms with Crippen molar-refractivity contribution in [2.24, 2.45) is 5.92 Å². The molecule has 1 amide bonds. The molecular formula is C24H28N6O3. The van der Waals surface area contributed by atoms with Crippen molar-refractivity contribution in [3.8, 4) is 0 Å². The highest BCUT2D eigenvalue weighted by molar-refractivity contribution is 5.98. The van der Waals surface area contributed by atoms with Crippen molar-refractivity contribution >= 4 is 34.3 Å². The Kier molecular flexibility index (Phi) is 6.67. The number of anilines is 2. The van der Waals surface area contributed by atoms with Gasteiger partial charge in [-0.25, -0.2) is 4.98 Å². The van der Waals surface area contributed by atoms with Gasteiger partial charge in [0.1, 0.15) is 11.4 Å². The molecule has 0 saturated heterocycles. The monoisotopic (exact) mass is 448 g/mol. The first-order valence-corrected chi connectivity index (χ1v) is 11.1. The van der Waals surface area contributed by atoms with E-state index in [1.54, 1.807) is 12.1 Å². The third-order valence-electron chi connectivity index (χ3n) is 6.08. The number of carbonyl (C=O) groups excluding carboxylic acids is 1. The number of aromatic nitrogens is 2. The molecule has 1 aliphatic rings. The van der Waals surface area contributed by atoms with E-state index >= 15 is 0 Å². The van der Waals surface area contributed by atoms with E-state index in [9.17, 15) is 14.9 Å². The number of hydrogen-bond donors (Lipinski definition) is 2. The minimum Gasteiger partial charge on any atom is -0.362 e. The number of fused-ring (bicyclic) bond motifs is 1. The largest absolute Gasteiger partial charge is 0.362 e. The molecule has 1 fully saturated rings. The summed E-state index contributed by atoms with van der Waals surface area (Å²) in [5.41, 5.74) is 0.837. The Labute approximate surface area is 192 Å². The molecule has 1 heterocycles. The van der Waals surface area contributed by atoms with Crippen molar-refractivity contribution in [1.29, 1.82) is 0 Å². The molecule has 0 aliphatic heterocycles. The van der Waals surface area contributed by atoms with Crippen LogP contribution < -0.4 is 15.5 Å². The molecule has 9 nitrogen and oxygen atoms in total. The lowest BCUT2D eigenvalue weighted by molar-refractivity contribution is -0.385. The van der Waals surface area contributed by atoms with E-state index in [2.05, 4.69) is 15.6 Å². The third-order valence-corrected chi connectivity index (χ3v) is 6.08. The number of hydrogen-bond acceptors (Lipinski definition) is 7. The zero-order valence-corrected chi connectivity index (χ0v) is 18.8. The second kappa shape index (κ2) is 9.81. The van der Waals surface area contributed by atoms with Gasteiger partial charge in [0.2, 0.25) is 5.95 Å². The molecule has 9 heteroatoms. The fraction of sp³-hybridized carbons (Fsp3) is 0.375. The second-order valence-corrected chi connectivity index (χ2v) is 8.63. The normalized spacial score (nSPS) is 18.0. The van der Waals surface area contributed by atoms with Crippen LogP contribution in [0.1, 0.15) is 36.0 Å². The van der Waals surface area contributed by atoms with Crippen LogP contribution in [0.2, 0.25) is 0 Å². The van der Waals surface area contributed by atoms with Gasteiger partial charge in [-0.2, -0.15) is 4.98 Å². The highest BCUT2D eigenvalue weighted by atomic mass is 16.6. The van der Waals surface area contributed by atoms with Crippen LogP contribution in [0.4, 0.5) is 17.5 Å². The van der Waals surface area contributed by atoms with Crippen molar-refractivity contribution in [3.05, 3.63) is 64.2 Å². The molecule has 0 spiro atoms. The topological polar surface area (TPSA) is 113 Å². The Bertz CT molecular complexity index is 1160. The first-order chi connectivity index (χ1) is 15.9. The Morgan fingerprint density at radius 2 is 1.76 bits per heavy atom. The molecule has 3 aromatic rings. The summed E-state index contributed by atoms with van der Waals surface area (Å²) in [5, 5.41) is 18.5. The number of para-hydroxylation sites is 2. The van der Waals surface area contributed by atoms with E-state index in [4.69, 9.17) is 4.98 Å². The molecule has 1 aliphatic carbocycles. The van der Waals surface area contributed by atoms with E-state index in [0.29, 0.717) is 18.4 Å². The van der Waals surface area contributed by atoms with Gasteiger partial charge in [0.15, 0.2) is 0 Å². The lowest BCUT2D eigenvalue weighted by Gasteiger charge is -2.29. The van der Waals surface area contributed by atoms with Gasteiger partial charge in [0.25, 0.3) is 11.6 Å². The molecule has 0 atom stereocenters. The number of amides is 1. The Morgan fingerprint density at radius 1 is 1.06 bits per heavy atom. The van der Waals surface area contributed by atoms with Crippen LogP contribution in [-0.2, 0) is 0 Å². The van der Waals surface area contributed by atoms with Crippen molar-refractivity contribution in [2.45, 2.75) is 31.7 Å². The number of nitro groups is 1. The molecule has 0 radical (unpaired) electrons. The van der Waals surface area contributed by atoms with Crippen LogP contribution in [0.25, 0.3) is 10.9 Å². The molecule has 172 valence electrons. The molecule has 2 aromatic carbocycles. The summed E-state index contributed by atoms with van der Waals surface area (Å²) in [5.74, 6) is 1.45. The maximum atomic E-state index is 12.5. The van der Waals surface area contributed by atoms with E-state index in [-0.39, 0.29) is 17.3 Å². The van der Waals surface area contributed by atoms with Gasteiger partial charge in [-0.1, -0.05) is 24.3 Å². The average Bonchev–Trinajstić information content (AvgIpc) is 2.82. The molecule has 1 saturated carbocycles. The van der Waals surface area contributed by atoms with Gasteiger partial charge >= 0.3 is 0 Å². The van der Waals surface area contributed by atoms with E-state index in [0.717, 1.165) is 42.4 Å². The predicted octanol–water partition coefficient (Wildman–Crippen LogP) is 4.00. The molecule has 33 heavy (non-hydrogen) atoms. The maximum Gasteiger partial charge on any atom is 0.282 e. The summed E-state index contributed by atoms with van der Waals surface area (Å²) in [6, 6.07) is 14.3. The Balaban J connectivity index is 1.33. The lowest BCUT2D eigenvalue weighted by Crippen LogP contribution is -2.34. The number of nitro benzene ring substituents is 1. The fourth-order valence-electron chi connectivity index (χ4n) is 4.32. The van der Waals surface area contributed by atoms with Crippen LogP contribution >= 0.6 is 0 Å². The Hall–Kier alpha value is -3.75. The number of nitrogens with zero attached hydrogens (tertiary/aromatic N) is 4. The summed E-state index contributed by atoms with van der Waals surface area (Å²) in [7, 11) is 3.95. The summed E-state index contributed by atoms with van der Waals surface area (Å²) < 4.78 is 0. The van der Waals surface area contributed by atoms with Crippen LogP contribution in [0.5, 0.6) is 0 Å². The number of rotatable bonds is 7. The molecule has 4 rings (SSSR count). The lowest BCUT2D eigenvalue weighted by atomic mass is 9.86. The van der Waals surface area contributed by atoms with Crippen molar-refractivity contribution in [1.82, 2.24) is 15.3 Å². The number of carbonyl (C=O) groups is 1. The third kappa shape index (κ3) is 5.19. The van der Waals surface area contributed by atoms with Crippen LogP contribution in [0.3, 0.4) is 0 Å². The smallest absolute Gasteiger partial charge is 0.282 e. The van der Waals surface area contributed by atoms with E-state index < -0.39 is 10.8 Å². The van der Waals surface area contributed by atoms with Crippen LogP contribution in [0, 0.1) is 16.0 Å². The molecule has 0 unspecified atom stereocenters. The van der Waals surface area contributed by atoms with Crippen molar-refractivity contribution in [2.75, 3.05) is 30.9 Å². The highest BCUT2D eigenvalue weighted by Gasteiger charge is 2.24. The SMILES string of the molecule is CN(C)c1nc(N[C@H]2CC[C@@H](CNC(=O)c3ccccc3[N+](=O)[O-])CC2)nc2ccccc12. The van der Waals surface area contributed by atoms with Crippen LogP contribution in [-0.4, -0.2) is 47.5 Å². The van der Waals surface area contributed by atoms with Crippen molar-refractivity contribution in [3.63, 3.8) is 0 Å². The predicted molar refractivity (Wildman–Crippen MR) is 129 cm³/mol.